The molecule has 0 unspecified atom stereocenters. The molecule has 150 valence electrons. The van der Waals surface area contributed by atoms with Gasteiger partial charge in [0.1, 0.15) is 5.75 Å². The minimum absolute atomic E-state index is 0.0327. The van der Waals surface area contributed by atoms with Crippen molar-refractivity contribution in [1.29, 1.82) is 0 Å². The monoisotopic (exact) mass is 409 g/mol. The summed E-state index contributed by atoms with van der Waals surface area (Å²) in [7, 11) is 0. The molecule has 0 saturated carbocycles. The van der Waals surface area contributed by atoms with Crippen molar-refractivity contribution in [2.45, 2.75) is 27.3 Å². The number of ether oxygens (including phenoxy) is 1. The Balaban J connectivity index is 1.48. The van der Waals surface area contributed by atoms with E-state index in [0.29, 0.717) is 12.1 Å². The topological polar surface area (TPSA) is 80.3 Å². The van der Waals surface area contributed by atoms with Gasteiger partial charge in [0.15, 0.2) is 17.5 Å². The highest BCUT2D eigenvalue weighted by Gasteiger charge is 2.08. The Labute approximate surface area is 173 Å². The number of hydrogen-bond donors (Lipinski definition) is 2. The van der Waals surface area contributed by atoms with Crippen LogP contribution in [0.5, 0.6) is 5.75 Å². The second-order valence-corrected chi connectivity index (χ2v) is 7.52. The van der Waals surface area contributed by atoms with E-state index < -0.39 is 0 Å². The predicted octanol–water partition coefficient (Wildman–Crippen LogP) is 4.40. The number of nitrogens with one attached hydrogen (secondary N) is 2. The zero-order valence-electron chi connectivity index (χ0n) is 16.6. The fourth-order valence-corrected chi connectivity index (χ4v) is 3.35. The summed E-state index contributed by atoms with van der Waals surface area (Å²) in [5.74, 6) is 0.551. The Hall–Kier alpha value is -3.19. The maximum absolute atomic E-state index is 12.1. The van der Waals surface area contributed by atoms with Crippen LogP contribution in [0.3, 0.4) is 0 Å². The third-order valence-corrected chi connectivity index (χ3v) is 5.28. The molecule has 0 aliphatic rings. The van der Waals surface area contributed by atoms with Gasteiger partial charge in [-0.15, -0.1) is 11.3 Å². The van der Waals surface area contributed by atoms with Crippen molar-refractivity contribution in [1.82, 2.24) is 10.3 Å². The van der Waals surface area contributed by atoms with Crippen LogP contribution in [-0.4, -0.2) is 23.3 Å². The fraction of sp³-hybridized carbons (Fsp3) is 0.227. The van der Waals surface area contributed by atoms with Gasteiger partial charge in [-0.3, -0.25) is 9.59 Å². The van der Waals surface area contributed by atoms with Gasteiger partial charge >= 0.3 is 0 Å². The van der Waals surface area contributed by atoms with E-state index in [1.807, 2.05) is 49.6 Å². The Morgan fingerprint density at radius 3 is 2.59 bits per heavy atom. The molecule has 1 heterocycles. The Morgan fingerprint density at radius 1 is 1.10 bits per heavy atom. The molecule has 0 fully saturated rings. The lowest BCUT2D eigenvalue weighted by Gasteiger charge is -2.10. The number of ketones is 1. The van der Waals surface area contributed by atoms with E-state index in [0.717, 1.165) is 33.4 Å². The smallest absolute Gasteiger partial charge is 0.258 e. The minimum Gasteiger partial charge on any atom is -0.483 e. The number of benzene rings is 2. The number of anilines is 2. The number of hydrogen-bond acceptors (Lipinski definition) is 6. The summed E-state index contributed by atoms with van der Waals surface area (Å²) in [5.41, 5.74) is 4.44. The van der Waals surface area contributed by atoms with Crippen LogP contribution < -0.4 is 15.4 Å². The van der Waals surface area contributed by atoms with Crippen molar-refractivity contribution < 1.29 is 14.3 Å². The molecule has 1 amide bonds. The predicted molar refractivity (Wildman–Crippen MR) is 115 cm³/mol. The average molecular weight is 410 g/mol. The molecule has 0 bridgehead atoms. The highest BCUT2D eigenvalue weighted by atomic mass is 32.1. The van der Waals surface area contributed by atoms with E-state index in [2.05, 4.69) is 15.6 Å². The summed E-state index contributed by atoms with van der Waals surface area (Å²) in [5, 5.41) is 8.62. The number of carbonyl (C=O) groups is 2. The lowest BCUT2D eigenvalue weighted by molar-refractivity contribution is -0.123. The first-order valence-corrected chi connectivity index (χ1v) is 10.1. The molecule has 3 aromatic rings. The molecule has 0 atom stereocenters. The standard InChI is InChI=1S/C22H23N3O3S/c1-14-5-4-6-20(15(14)2)28-12-21(27)23-11-19-13-29-22(25-19)24-18-9-7-17(8-10-18)16(3)26/h4-10,13H,11-12H2,1-3H3,(H,23,27)(H,24,25). The highest BCUT2D eigenvalue weighted by molar-refractivity contribution is 7.13. The first kappa shape index (κ1) is 20.5. The number of aromatic nitrogens is 1. The maximum Gasteiger partial charge on any atom is 0.258 e. The highest BCUT2D eigenvalue weighted by Crippen LogP contribution is 2.22. The summed E-state index contributed by atoms with van der Waals surface area (Å²) in [6, 6.07) is 13.0. The molecule has 3 rings (SSSR count). The van der Waals surface area contributed by atoms with Gasteiger partial charge < -0.3 is 15.4 Å². The second-order valence-electron chi connectivity index (χ2n) is 6.67. The molecule has 2 aromatic carbocycles. The average Bonchev–Trinajstić information content (AvgIpc) is 3.15. The van der Waals surface area contributed by atoms with Crippen LogP contribution in [-0.2, 0) is 11.3 Å². The van der Waals surface area contributed by atoms with Crippen molar-refractivity contribution in [2.24, 2.45) is 0 Å². The van der Waals surface area contributed by atoms with Crippen LogP contribution in [0.25, 0.3) is 0 Å². The molecule has 0 aliphatic heterocycles. The van der Waals surface area contributed by atoms with Crippen molar-refractivity contribution in [3.63, 3.8) is 0 Å². The molecule has 0 saturated heterocycles. The molecular weight excluding hydrogens is 386 g/mol. The van der Waals surface area contributed by atoms with E-state index in [9.17, 15) is 9.59 Å². The zero-order valence-corrected chi connectivity index (χ0v) is 17.4. The second kappa shape index (κ2) is 9.34. The number of Topliss-reactive ketones (excluding diaryl/α,β-unsaturated/α-hetero) is 1. The van der Waals surface area contributed by atoms with E-state index in [4.69, 9.17) is 4.74 Å². The molecule has 0 aliphatic carbocycles. The summed E-state index contributed by atoms with van der Waals surface area (Å²) in [4.78, 5) is 27.9. The maximum atomic E-state index is 12.1. The molecule has 29 heavy (non-hydrogen) atoms. The van der Waals surface area contributed by atoms with E-state index in [-0.39, 0.29) is 18.3 Å². The number of thiazole rings is 1. The van der Waals surface area contributed by atoms with Gasteiger partial charge in [0.25, 0.3) is 5.91 Å². The van der Waals surface area contributed by atoms with Crippen LogP contribution >= 0.6 is 11.3 Å². The SMILES string of the molecule is CC(=O)c1ccc(Nc2nc(CNC(=O)COc3cccc(C)c3C)cs2)cc1. The van der Waals surface area contributed by atoms with Crippen molar-refractivity contribution in [2.75, 3.05) is 11.9 Å². The normalized spacial score (nSPS) is 10.4. The summed E-state index contributed by atoms with van der Waals surface area (Å²) >= 11 is 1.45. The van der Waals surface area contributed by atoms with Gasteiger partial charge in [0.05, 0.1) is 12.2 Å². The molecular formula is C22H23N3O3S. The van der Waals surface area contributed by atoms with E-state index in [1.165, 1.54) is 18.3 Å². The van der Waals surface area contributed by atoms with E-state index >= 15 is 0 Å². The lowest BCUT2D eigenvalue weighted by atomic mass is 10.1. The fourth-order valence-electron chi connectivity index (χ4n) is 2.62. The molecule has 0 radical (unpaired) electrons. The summed E-state index contributed by atoms with van der Waals surface area (Å²) in [6.45, 7) is 5.81. The number of aryl methyl sites for hydroxylation is 1. The molecule has 2 N–H and O–H groups in total. The van der Waals surface area contributed by atoms with Gasteiger partial charge in [0.2, 0.25) is 0 Å². The van der Waals surface area contributed by atoms with Gasteiger partial charge in [-0.25, -0.2) is 4.98 Å². The zero-order chi connectivity index (χ0) is 20.8. The summed E-state index contributed by atoms with van der Waals surface area (Å²) in [6.07, 6.45) is 0. The van der Waals surface area contributed by atoms with Gasteiger partial charge in [-0.05, 0) is 62.2 Å². The van der Waals surface area contributed by atoms with Crippen molar-refractivity contribution in [3.8, 4) is 5.75 Å². The third kappa shape index (κ3) is 5.65. The quantitative estimate of drug-likeness (QED) is 0.539. The third-order valence-electron chi connectivity index (χ3n) is 4.47. The first-order valence-electron chi connectivity index (χ1n) is 9.20. The van der Waals surface area contributed by atoms with Crippen LogP contribution in [0, 0.1) is 13.8 Å². The van der Waals surface area contributed by atoms with E-state index in [1.54, 1.807) is 12.1 Å². The number of carbonyl (C=O) groups excluding carboxylic acids is 2. The largest absolute Gasteiger partial charge is 0.483 e. The van der Waals surface area contributed by atoms with Gasteiger partial charge in [-0.2, -0.15) is 0 Å². The molecule has 1 aromatic heterocycles. The van der Waals surface area contributed by atoms with Crippen LogP contribution in [0.1, 0.15) is 34.1 Å². The Morgan fingerprint density at radius 2 is 1.86 bits per heavy atom. The van der Waals surface area contributed by atoms with Crippen molar-refractivity contribution >= 4 is 33.8 Å². The molecule has 6 nitrogen and oxygen atoms in total. The molecule has 0 spiro atoms. The lowest BCUT2D eigenvalue weighted by Crippen LogP contribution is -2.28. The first-order chi connectivity index (χ1) is 13.9. The number of amides is 1. The van der Waals surface area contributed by atoms with Gasteiger partial charge in [-0.1, -0.05) is 12.1 Å². The Bertz CT molecular complexity index is 1010. The van der Waals surface area contributed by atoms with Gasteiger partial charge in [0, 0.05) is 16.6 Å². The minimum atomic E-state index is -0.201. The summed E-state index contributed by atoms with van der Waals surface area (Å²) < 4.78 is 5.61. The molecule has 7 heteroatoms. The van der Waals surface area contributed by atoms with Crippen LogP contribution in [0.15, 0.2) is 47.8 Å². The number of nitrogens with zero attached hydrogens (tertiary/aromatic N) is 1. The Kier molecular flexibility index (Phi) is 6.61. The van der Waals surface area contributed by atoms with Crippen LogP contribution in [0.4, 0.5) is 10.8 Å². The number of rotatable bonds is 8. The van der Waals surface area contributed by atoms with Crippen molar-refractivity contribution in [3.05, 3.63) is 70.2 Å². The van der Waals surface area contributed by atoms with Crippen LogP contribution in [0.2, 0.25) is 0 Å².